The van der Waals surface area contributed by atoms with E-state index < -0.39 is 0 Å². The third-order valence-electron chi connectivity index (χ3n) is 4.09. The zero-order chi connectivity index (χ0) is 19.3. The van der Waals surface area contributed by atoms with E-state index in [1.165, 1.54) is 23.1 Å². The minimum absolute atomic E-state index is 0.113. The summed E-state index contributed by atoms with van der Waals surface area (Å²) < 4.78 is 7.55. The number of fused-ring (bicyclic) bond motifs is 1. The normalized spacial score (nSPS) is 11.0. The largest absolute Gasteiger partial charge is 0.467 e. The lowest BCUT2D eigenvalue weighted by molar-refractivity contribution is -0.118. The third kappa shape index (κ3) is 4.18. The van der Waals surface area contributed by atoms with Crippen LogP contribution in [0.4, 0.5) is 0 Å². The number of nitrogens with zero attached hydrogens (tertiary/aromatic N) is 2. The number of carbonyl (C=O) groups is 1. The molecule has 0 saturated heterocycles. The number of thioether (sulfide) groups is 1. The molecule has 0 bridgehead atoms. The molecule has 142 valence electrons. The highest BCUT2D eigenvalue weighted by Gasteiger charge is 2.15. The average Bonchev–Trinajstić information content (AvgIpc) is 3.40. The van der Waals surface area contributed by atoms with Crippen LogP contribution < -0.4 is 10.9 Å². The van der Waals surface area contributed by atoms with Gasteiger partial charge in [0.2, 0.25) is 5.91 Å². The number of rotatable bonds is 7. The van der Waals surface area contributed by atoms with Crippen LogP contribution in [0.15, 0.2) is 74.5 Å². The Labute approximate surface area is 169 Å². The maximum absolute atomic E-state index is 12.9. The van der Waals surface area contributed by atoms with Crippen LogP contribution in [-0.4, -0.2) is 21.2 Å². The smallest absolute Gasteiger partial charge is 0.272 e. The first-order valence-corrected chi connectivity index (χ1v) is 10.5. The fourth-order valence-electron chi connectivity index (χ4n) is 2.71. The molecular formula is C20H17N3O3S2. The van der Waals surface area contributed by atoms with Crippen molar-refractivity contribution in [2.24, 2.45) is 0 Å². The highest BCUT2D eigenvalue weighted by atomic mass is 32.2. The summed E-state index contributed by atoms with van der Waals surface area (Å²) in [6.45, 7) is 0.747. The first kappa shape index (κ1) is 18.5. The van der Waals surface area contributed by atoms with Crippen molar-refractivity contribution in [1.29, 1.82) is 0 Å². The van der Waals surface area contributed by atoms with Gasteiger partial charge in [0.1, 0.15) is 10.5 Å². The van der Waals surface area contributed by atoms with Crippen LogP contribution in [0.2, 0.25) is 0 Å². The van der Waals surface area contributed by atoms with Gasteiger partial charge >= 0.3 is 0 Å². The number of benzene rings is 1. The zero-order valence-corrected chi connectivity index (χ0v) is 16.5. The molecule has 8 heteroatoms. The molecule has 3 heterocycles. The maximum Gasteiger partial charge on any atom is 0.272 e. The van der Waals surface area contributed by atoms with Gasteiger partial charge in [0, 0.05) is 6.54 Å². The molecular weight excluding hydrogens is 394 g/mol. The van der Waals surface area contributed by atoms with Crippen LogP contribution >= 0.6 is 23.1 Å². The number of nitrogens with one attached hydrogen (secondary N) is 1. The van der Waals surface area contributed by atoms with E-state index in [1.54, 1.807) is 16.9 Å². The van der Waals surface area contributed by atoms with Gasteiger partial charge < -0.3 is 9.73 Å². The summed E-state index contributed by atoms with van der Waals surface area (Å²) in [6, 6.07) is 15.1. The van der Waals surface area contributed by atoms with E-state index in [-0.39, 0.29) is 23.8 Å². The van der Waals surface area contributed by atoms with Gasteiger partial charge in [0.25, 0.3) is 5.56 Å². The van der Waals surface area contributed by atoms with Crippen molar-refractivity contribution in [3.05, 3.63) is 81.9 Å². The predicted octanol–water partition coefficient (Wildman–Crippen LogP) is 3.51. The van der Waals surface area contributed by atoms with Crippen molar-refractivity contribution in [1.82, 2.24) is 14.9 Å². The number of hydrogen-bond donors (Lipinski definition) is 1. The molecule has 28 heavy (non-hydrogen) atoms. The number of aromatic nitrogens is 2. The lowest BCUT2D eigenvalue weighted by atomic mass is 10.2. The van der Waals surface area contributed by atoms with Crippen molar-refractivity contribution < 1.29 is 9.21 Å². The second kappa shape index (κ2) is 8.45. The van der Waals surface area contributed by atoms with Crippen LogP contribution in [0.1, 0.15) is 11.3 Å². The second-order valence-electron chi connectivity index (χ2n) is 6.05. The predicted molar refractivity (Wildman–Crippen MR) is 111 cm³/mol. The summed E-state index contributed by atoms with van der Waals surface area (Å²) in [5.41, 5.74) is 1.56. The van der Waals surface area contributed by atoms with Gasteiger partial charge in [-0.15, -0.1) is 11.3 Å². The molecule has 0 spiro atoms. The monoisotopic (exact) mass is 411 g/mol. The van der Waals surface area contributed by atoms with Crippen molar-refractivity contribution >= 4 is 39.2 Å². The van der Waals surface area contributed by atoms with Crippen molar-refractivity contribution in [2.45, 2.75) is 18.2 Å². The first-order chi connectivity index (χ1) is 13.7. The van der Waals surface area contributed by atoms with E-state index in [0.717, 1.165) is 5.56 Å². The number of hydrogen-bond acceptors (Lipinski definition) is 6. The lowest BCUT2D eigenvalue weighted by Gasteiger charge is -2.11. The molecule has 1 N–H and O–H groups in total. The Kier molecular flexibility index (Phi) is 5.59. The third-order valence-corrected chi connectivity index (χ3v) is 5.96. The van der Waals surface area contributed by atoms with Gasteiger partial charge in [-0.3, -0.25) is 14.2 Å². The Morgan fingerprint density at radius 3 is 2.82 bits per heavy atom. The lowest BCUT2D eigenvalue weighted by Crippen LogP contribution is -2.26. The van der Waals surface area contributed by atoms with Crippen LogP contribution in [-0.2, 0) is 17.9 Å². The molecule has 0 unspecified atom stereocenters. The Balaban J connectivity index is 1.50. The summed E-state index contributed by atoms with van der Waals surface area (Å²) in [7, 11) is 0. The molecule has 4 rings (SSSR count). The van der Waals surface area contributed by atoms with Gasteiger partial charge in [-0.25, -0.2) is 4.98 Å². The minimum atomic E-state index is -0.122. The molecule has 0 fully saturated rings. The number of amides is 1. The molecule has 1 aromatic carbocycles. The molecule has 0 atom stereocenters. The average molecular weight is 412 g/mol. The van der Waals surface area contributed by atoms with Gasteiger partial charge in [-0.05, 0) is 29.1 Å². The summed E-state index contributed by atoms with van der Waals surface area (Å²) in [5.74, 6) is 0.723. The fourth-order valence-corrected chi connectivity index (χ4v) is 4.32. The molecule has 1 amide bonds. The second-order valence-corrected chi connectivity index (χ2v) is 7.91. The standard InChI is InChI=1S/C20H17N3O3S2/c24-17(21-11-14-5-2-1-3-6-14)13-28-20-22-16-8-10-27-18(16)19(25)23(20)12-15-7-4-9-26-15/h1-10H,11-13H2,(H,21,24). The molecule has 0 aliphatic heterocycles. The SMILES string of the molecule is O=C(CSc1nc2ccsc2c(=O)n1Cc1ccco1)NCc1ccccc1. The summed E-state index contributed by atoms with van der Waals surface area (Å²) >= 11 is 2.61. The van der Waals surface area contributed by atoms with E-state index >= 15 is 0 Å². The number of carbonyl (C=O) groups excluding carboxylic acids is 1. The Morgan fingerprint density at radius 2 is 2.04 bits per heavy atom. The van der Waals surface area contributed by atoms with Crippen LogP contribution in [0, 0.1) is 0 Å². The van der Waals surface area contributed by atoms with E-state index in [9.17, 15) is 9.59 Å². The van der Waals surface area contributed by atoms with Crippen LogP contribution in [0.5, 0.6) is 0 Å². The van der Waals surface area contributed by atoms with E-state index in [2.05, 4.69) is 10.3 Å². The van der Waals surface area contributed by atoms with Gasteiger partial charge in [-0.1, -0.05) is 42.1 Å². The van der Waals surface area contributed by atoms with Crippen molar-refractivity contribution in [3.8, 4) is 0 Å². The summed E-state index contributed by atoms with van der Waals surface area (Å²) in [6.07, 6.45) is 1.57. The van der Waals surface area contributed by atoms with Crippen LogP contribution in [0.25, 0.3) is 10.2 Å². The van der Waals surface area contributed by atoms with E-state index in [1.807, 2.05) is 47.8 Å². The van der Waals surface area contributed by atoms with E-state index in [0.29, 0.717) is 27.7 Å². The van der Waals surface area contributed by atoms with E-state index in [4.69, 9.17) is 4.42 Å². The quantitative estimate of drug-likeness (QED) is 0.372. The summed E-state index contributed by atoms with van der Waals surface area (Å²) in [5, 5.41) is 5.24. The molecule has 0 saturated carbocycles. The molecule has 0 aliphatic carbocycles. The summed E-state index contributed by atoms with van der Waals surface area (Å²) in [4.78, 5) is 29.7. The zero-order valence-electron chi connectivity index (χ0n) is 14.8. The Bertz CT molecular complexity index is 1130. The van der Waals surface area contributed by atoms with Gasteiger partial charge in [0.15, 0.2) is 5.16 Å². The Hall–Kier alpha value is -2.84. The highest BCUT2D eigenvalue weighted by molar-refractivity contribution is 7.99. The van der Waals surface area contributed by atoms with Crippen LogP contribution in [0.3, 0.4) is 0 Å². The highest BCUT2D eigenvalue weighted by Crippen LogP contribution is 2.21. The molecule has 6 nitrogen and oxygen atoms in total. The maximum atomic E-state index is 12.9. The topological polar surface area (TPSA) is 77.1 Å². The first-order valence-electron chi connectivity index (χ1n) is 8.64. The number of thiophene rings is 1. The molecule has 0 aliphatic rings. The van der Waals surface area contributed by atoms with Gasteiger partial charge in [-0.2, -0.15) is 0 Å². The number of furan rings is 1. The fraction of sp³-hybridized carbons (Fsp3) is 0.150. The Morgan fingerprint density at radius 1 is 1.18 bits per heavy atom. The van der Waals surface area contributed by atoms with Gasteiger partial charge in [0.05, 0.1) is 24.1 Å². The van der Waals surface area contributed by atoms with Crippen molar-refractivity contribution in [3.63, 3.8) is 0 Å². The molecule has 4 aromatic rings. The minimum Gasteiger partial charge on any atom is -0.467 e. The van der Waals surface area contributed by atoms with Crippen molar-refractivity contribution in [2.75, 3.05) is 5.75 Å². The molecule has 0 radical (unpaired) electrons. The molecule has 3 aromatic heterocycles.